The Hall–Kier alpha value is -2.86. The van der Waals surface area contributed by atoms with Crippen molar-refractivity contribution in [3.63, 3.8) is 0 Å². The van der Waals surface area contributed by atoms with Crippen LogP contribution in [0.2, 0.25) is 0 Å². The van der Waals surface area contributed by atoms with E-state index in [0.29, 0.717) is 18.9 Å². The SMILES string of the molecule is CCCC(C)COc1ccc([C@H](CNC(=O)[C@@H](N)CC)NC(=O)[C@@H](C)c2ccccc2)cc1. The second kappa shape index (κ2) is 13.6. The van der Waals surface area contributed by atoms with Gasteiger partial charge in [0.15, 0.2) is 0 Å². The average Bonchev–Trinajstić information content (AvgIpc) is 2.85. The summed E-state index contributed by atoms with van der Waals surface area (Å²) in [5.74, 6) is 0.650. The summed E-state index contributed by atoms with van der Waals surface area (Å²) in [4.78, 5) is 25.2. The van der Waals surface area contributed by atoms with Gasteiger partial charge < -0.3 is 21.1 Å². The van der Waals surface area contributed by atoms with Crippen molar-refractivity contribution in [2.24, 2.45) is 11.7 Å². The summed E-state index contributed by atoms with van der Waals surface area (Å²) in [6, 6.07) is 16.4. The quantitative estimate of drug-likeness (QED) is 0.421. The predicted octanol–water partition coefficient (Wildman–Crippen LogP) is 4.32. The molecule has 6 heteroatoms. The summed E-state index contributed by atoms with van der Waals surface area (Å²) >= 11 is 0. The first-order valence-electron chi connectivity index (χ1n) is 12.0. The van der Waals surface area contributed by atoms with Gasteiger partial charge >= 0.3 is 0 Å². The smallest absolute Gasteiger partial charge is 0.236 e. The van der Waals surface area contributed by atoms with E-state index < -0.39 is 6.04 Å². The van der Waals surface area contributed by atoms with E-state index in [-0.39, 0.29) is 30.3 Å². The van der Waals surface area contributed by atoms with E-state index in [0.717, 1.165) is 29.7 Å². The molecule has 0 saturated heterocycles. The monoisotopic (exact) mass is 453 g/mol. The zero-order chi connectivity index (χ0) is 24.2. The molecule has 2 aromatic carbocycles. The number of benzene rings is 2. The molecule has 4 atom stereocenters. The third-order valence-corrected chi connectivity index (χ3v) is 5.86. The molecule has 0 aliphatic rings. The maximum absolute atomic E-state index is 13.0. The van der Waals surface area contributed by atoms with E-state index in [1.54, 1.807) is 0 Å². The van der Waals surface area contributed by atoms with Crippen molar-refractivity contribution in [1.29, 1.82) is 0 Å². The van der Waals surface area contributed by atoms with E-state index in [1.807, 2.05) is 68.4 Å². The largest absolute Gasteiger partial charge is 0.493 e. The van der Waals surface area contributed by atoms with Crippen LogP contribution in [0.3, 0.4) is 0 Å². The summed E-state index contributed by atoms with van der Waals surface area (Å²) in [6.07, 6.45) is 2.82. The molecule has 33 heavy (non-hydrogen) atoms. The Bertz CT molecular complexity index is 855. The molecule has 0 fully saturated rings. The number of carbonyl (C=O) groups excluding carboxylic acids is 2. The van der Waals surface area contributed by atoms with Crippen LogP contribution in [0.1, 0.15) is 70.0 Å². The lowest BCUT2D eigenvalue weighted by molar-refractivity contribution is -0.124. The number of nitrogens with one attached hydrogen (secondary N) is 2. The number of ether oxygens (including phenoxy) is 1. The number of carbonyl (C=O) groups is 2. The number of hydrogen-bond acceptors (Lipinski definition) is 4. The van der Waals surface area contributed by atoms with Gasteiger partial charge in [-0.25, -0.2) is 0 Å². The van der Waals surface area contributed by atoms with Crippen molar-refractivity contribution in [3.8, 4) is 5.75 Å². The van der Waals surface area contributed by atoms with E-state index >= 15 is 0 Å². The zero-order valence-corrected chi connectivity index (χ0v) is 20.3. The molecule has 0 bridgehead atoms. The van der Waals surface area contributed by atoms with Gasteiger partial charge in [0.2, 0.25) is 11.8 Å². The van der Waals surface area contributed by atoms with E-state index in [1.165, 1.54) is 0 Å². The van der Waals surface area contributed by atoms with Crippen molar-refractivity contribution >= 4 is 11.8 Å². The van der Waals surface area contributed by atoms with Crippen LogP contribution >= 0.6 is 0 Å². The summed E-state index contributed by atoms with van der Waals surface area (Å²) in [6.45, 7) is 9.03. The van der Waals surface area contributed by atoms with E-state index in [4.69, 9.17) is 10.5 Å². The minimum absolute atomic E-state index is 0.103. The fourth-order valence-corrected chi connectivity index (χ4v) is 3.57. The molecule has 0 heterocycles. The van der Waals surface area contributed by atoms with Gasteiger partial charge in [-0.15, -0.1) is 0 Å². The highest BCUT2D eigenvalue weighted by atomic mass is 16.5. The van der Waals surface area contributed by atoms with Crippen molar-refractivity contribution < 1.29 is 14.3 Å². The minimum atomic E-state index is -0.564. The maximum atomic E-state index is 13.0. The number of nitrogens with two attached hydrogens (primary N) is 1. The highest BCUT2D eigenvalue weighted by Crippen LogP contribution is 2.21. The summed E-state index contributed by atoms with van der Waals surface area (Å²) in [5.41, 5.74) is 7.68. The molecule has 1 unspecified atom stereocenters. The van der Waals surface area contributed by atoms with Crippen LogP contribution in [0, 0.1) is 5.92 Å². The normalized spacial score (nSPS) is 14.6. The van der Waals surface area contributed by atoms with E-state index in [9.17, 15) is 9.59 Å². The van der Waals surface area contributed by atoms with Gasteiger partial charge in [0.25, 0.3) is 0 Å². The first-order valence-corrected chi connectivity index (χ1v) is 12.0. The van der Waals surface area contributed by atoms with E-state index in [2.05, 4.69) is 24.5 Å². The first kappa shape index (κ1) is 26.4. The van der Waals surface area contributed by atoms with Gasteiger partial charge in [0.05, 0.1) is 24.6 Å². The van der Waals surface area contributed by atoms with Crippen molar-refractivity contribution in [2.45, 2.75) is 65.0 Å². The van der Waals surface area contributed by atoms with Crippen LogP contribution in [-0.2, 0) is 9.59 Å². The third kappa shape index (κ3) is 8.54. The minimum Gasteiger partial charge on any atom is -0.493 e. The van der Waals surface area contributed by atoms with Crippen molar-refractivity contribution in [2.75, 3.05) is 13.2 Å². The lowest BCUT2D eigenvalue weighted by Gasteiger charge is -2.23. The van der Waals surface area contributed by atoms with Crippen LogP contribution in [0.5, 0.6) is 5.75 Å². The molecule has 0 aromatic heterocycles. The molecule has 0 aliphatic carbocycles. The topological polar surface area (TPSA) is 93.4 Å². The Morgan fingerprint density at radius 2 is 1.61 bits per heavy atom. The highest BCUT2D eigenvalue weighted by Gasteiger charge is 2.22. The fourth-order valence-electron chi connectivity index (χ4n) is 3.57. The average molecular weight is 454 g/mol. The molecule has 0 saturated carbocycles. The standard InChI is InChI=1S/C27H39N3O3/c1-5-10-19(3)18-33-23-15-13-22(14-16-23)25(17-29-27(32)24(28)6-2)30-26(31)20(4)21-11-8-7-9-12-21/h7-9,11-16,19-20,24-25H,5-6,10,17-18,28H2,1-4H3,(H,29,32)(H,30,31)/t19?,20-,24-,25-/m0/s1. The second-order valence-electron chi connectivity index (χ2n) is 8.73. The van der Waals surface area contributed by atoms with Crippen LogP contribution in [-0.4, -0.2) is 31.0 Å². The molecule has 0 spiro atoms. The lowest BCUT2D eigenvalue weighted by atomic mass is 9.99. The summed E-state index contributed by atoms with van der Waals surface area (Å²) in [5, 5.41) is 5.97. The Kier molecular flexibility index (Phi) is 10.9. The first-order chi connectivity index (χ1) is 15.8. The summed E-state index contributed by atoms with van der Waals surface area (Å²) < 4.78 is 5.90. The molecule has 6 nitrogen and oxygen atoms in total. The van der Waals surface area contributed by atoms with Gasteiger partial charge in [-0.2, -0.15) is 0 Å². The van der Waals surface area contributed by atoms with Crippen LogP contribution in [0.15, 0.2) is 54.6 Å². The van der Waals surface area contributed by atoms with Crippen LogP contribution < -0.4 is 21.1 Å². The van der Waals surface area contributed by atoms with Crippen LogP contribution in [0.25, 0.3) is 0 Å². The molecular weight excluding hydrogens is 414 g/mol. The fraction of sp³-hybridized carbons (Fsp3) is 0.481. The molecule has 2 amide bonds. The van der Waals surface area contributed by atoms with Crippen molar-refractivity contribution in [1.82, 2.24) is 10.6 Å². The predicted molar refractivity (Wildman–Crippen MR) is 133 cm³/mol. The number of hydrogen-bond donors (Lipinski definition) is 3. The summed E-state index contributed by atoms with van der Waals surface area (Å²) in [7, 11) is 0. The van der Waals surface area contributed by atoms with Crippen molar-refractivity contribution in [3.05, 3.63) is 65.7 Å². The van der Waals surface area contributed by atoms with Gasteiger partial charge in [0.1, 0.15) is 5.75 Å². The van der Waals surface area contributed by atoms with Crippen LogP contribution in [0.4, 0.5) is 0 Å². The Labute approximate surface area is 198 Å². The highest BCUT2D eigenvalue weighted by molar-refractivity contribution is 5.84. The molecular formula is C27H39N3O3. The number of rotatable bonds is 13. The van der Waals surface area contributed by atoms with Gasteiger partial charge in [-0.3, -0.25) is 9.59 Å². The zero-order valence-electron chi connectivity index (χ0n) is 20.3. The number of amides is 2. The van der Waals surface area contributed by atoms with Gasteiger partial charge in [-0.05, 0) is 48.9 Å². The second-order valence-corrected chi connectivity index (χ2v) is 8.73. The Morgan fingerprint density at radius 3 is 2.21 bits per heavy atom. The molecule has 0 aliphatic heterocycles. The Morgan fingerprint density at radius 1 is 0.939 bits per heavy atom. The molecule has 4 N–H and O–H groups in total. The molecule has 0 radical (unpaired) electrons. The molecule has 2 aromatic rings. The molecule has 180 valence electrons. The third-order valence-electron chi connectivity index (χ3n) is 5.86. The Balaban J connectivity index is 2.11. The van der Waals surface area contributed by atoms with Gasteiger partial charge in [0, 0.05) is 6.54 Å². The maximum Gasteiger partial charge on any atom is 0.236 e. The molecule has 2 rings (SSSR count). The lowest BCUT2D eigenvalue weighted by Crippen LogP contribution is -2.45. The van der Waals surface area contributed by atoms with Gasteiger partial charge in [-0.1, -0.05) is 69.7 Å².